The molecule has 3 aromatic rings. The topological polar surface area (TPSA) is 64.0 Å². The highest BCUT2D eigenvalue weighted by Crippen LogP contribution is 2.20. The Morgan fingerprint density at radius 2 is 2.12 bits per heavy atom. The van der Waals surface area contributed by atoms with Gasteiger partial charge in [0.25, 0.3) is 11.5 Å². The van der Waals surface area contributed by atoms with E-state index >= 15 is 0 Å². The molecule has 1 N–H and O–H groups in total. The van der Waals surface area contributed by atoms with Crippen molar-refractivity contribution in [3.63, 3.8) is 0 Å². The van der Waals surface area contributed by atoms with Crippen LogP contribution in [0.3, 0.4) is 0 Å². The summed E-state index contributed by atoms with van der Waals surface area (Å²) >= 11 is 1.62. The molecule has 0 unspecified atom stereocenters. The number of thioether (sulfide) groups is 1. The Morgan fingerprint density at radius 1 is 1.24 bits per heavy atom. The van der Waals surface area contributed by atoms with Crippen LogP contribution in [0.15, 0.2) is 52.2 Å². The second kappa shape index (κ2) is 6.37. The van der Waals surface area contributed by atoms with Gasteiger partial charge in [0.05, 0.1) is 10.9 Å². The van der Waals surface area contributed by atoms with E-state index in [9.17, 15) is 9.59 Å². The minimum Gasteiger partial charge on any atom is -0.322 e. The van der Waals surface area contributed by atoms with E-state index in [1.54, 1.807) is 34.5 Å². The molecule has 1 aliphatic heterocycles. The van der Waals surface area contributed by atoms with Gasteiger partial charge in [-0.3, -0.25) is 14.2 Å². The van der Waals surface area contributed by atoms with E-state index in [1.165, 1.54) is 0 Å². The Morgan fingerprint density at radius 3 is 2.96 bits per heavy atom. The van der Waals surface area contributed by atoms with Crippen LogP contribution < -0.4 is 10.9 Å². The second-order valence-electron chi connectivity index (χ2n) is 6.01. The fourth-order valence-corrected chi connectivity index (χ4v) is 3.59. The smallest absolute Gasteiger partial charge is 0.261 e. The number of rotatable bonds is 3. The van der Waals surface area contributed by atoms with Crippen LogP contribution in [0.4, 0.5) is 5.69 Å². The summed E-state index contributed by atoms with van der Waals surface area (Å²) in [4.78, 5) is 30.7. The Bertz CT molecular complexity index is 1040. The van der Waals surface area contributed by atoms with Gasteiger partial charge in [-0.2, -0.15) is 0 Å². The zero-order valence-corrected chi connectivity index (χ0v) is 14.6. The van der Waals surface area contributed by atoms with Gasteiger partial charge in [0.2, 0.25) is 0 Å². The number of fused-ring (bicyclic) bond motifs is 2. The molecule has 1 aliphatic rings. The van der Waals surface area contributed by atoms with E-state index < -0.39 is 0 Å². The number of amides is 1. The minimum atomic E-state index is -0.206. The summed E-state index contributed by atoms with van der Waals surface area (Å²) in [6.07, 6.45) is 3.74. The van der Waals surface area contributed by atoms with Crippen LogP contribution in [0.25, 0.3) is 10.9 Å². The first-order valence-corrected chi connectivity index (χ1v) is 9.37. The molecule has 0 saturated heterocycles. The Kier molecular flexibility index (Phi) is 4.05. The maximum atomic E-state index is 12.5. The predicted molar refractivity (Wildman–Crippen MR) is 101 cm³/mol. The number of carbonyl (C=O) groups excluding carboxylic acids is 1. The molecule has 25 heavy (non-hydrogen) atoms. The van der Waals surface area contributed by atoms with E-state index in [4.69, 9.17) is 0 Å². The summed E-state index contributed by atoms with van der Waals surface area (Å²) in [6.45, 7) is 0.727. The first-order valence-electron chi connectivity index (χ1n) is 8.14. The van der Waals surface area contributed by atoms with E-state index in [2.05, 4.69) is 10.3 Å². The third-order valence-corrected chi connectivity index (χ3v) is 5.13. The van der Waals surface area contributed by atoms with Gasteiger partial charge in [-0.05, 0) is 49.1 Å². The van der Waals surface area contributed by atoms with Crippen molar-refractivity contribution in [2.45, 2.75) is 24.3 Å². The van der Waals surface area contributed by atoms with Crippen molar-refractivity contribution < 1.29 is 4.79 Å². The largest absolute Gasteiger partial charge is 0.322 e. The zero-order valence-electron chi connectivity index (χ0n) is 13.8. The van der Waals surface area contributed by atoms with Gasteiger partial charge in [0.1, 0.15) is 5.82 Å². The lowest BCUT2D eigenvalue weighted by molar-refractivity contribution is 0.102. The van der Waals surface area contributed by atoms with Crippen molar-refractivity contribution in [3.8, 4) is 0 Å². The fraction of sp³-hybridized carbons (Fsp3) is 0.211. The van der Waals surface area contributed by atoms with Gasteiger partial charge in [0, 0.05) is 29.1 Å². The molecule has 1 amide bonds. The standard InChI is InChI=1S/C19H17N3O2S/c1-25-14-5-2-4-13(11-14)20-18(23)12-7-8-15-16(10-12)21-17-6-3-9-22(17)19(15)24/h2,4-5,7-8,10-11H,3,6,9H2,1H3,(H,20,23). The van der Waals surface area contributed by atoms with Gasteiger partial charge in [0.15, 0.2) is 0 Å². The molecular formula is C19H17N3O2S. The molecule has 1 aromatic heterocycles. The molecular weight excluding hydrogens is 334 g/mol. The number of benzene rings is 2. The molecule has 4 rings (SSSR count). The Balaban J connectivity index is 1.68. The molecule has 2 aromatic carbocycles. The molecule has 6 heteroatoms. The number of nitrogens with one attached hydrogen (secondary N) is 1. The van der Waals surface area contributed by atoms with Crippen molar-refractivity contribution in [1.82, 2.24) is 9.55 Å². The van der Waals surface area contributed by atoms with E-state index in [-0.39, 0.29) is 11.5 Å². The van der Waals surface area contributed by atoms with Crippen molar-refractivity contribution in [1.29, 1.82) is 0 Å². The number of hydrogen-bond donors (Lipinski definition) is 1. The minimum absolute atomic E-state index is 0.0165. The molecule has 0 radical (unpaired) electrons. The predicted octanol–water partition coefficient (Wildman–Crippen LogP) is 3.32. The summed E-state index contributed by atoms with van der Waals surface area (Å²) < 4.78 is 1.73. The van der Waals surface area contributed by atoms with E-state index in [1.807, 2.05) is 30.5 Å². The number of aromatic nitrogens is 2. The van der Waals surface area contributed by atoms with E-state index in [0.29, 0.717) is 16.5 Å². The normalized spacial score (nSPS) is 13.0. The molecule has 2 heterocycles. The summed E-state index contributed by atoms with van der Waals surface area (Å²) in [7, 11) is 0. The summed E-state index contributed by atoms with van der Waals surface area (Å²) in [5, 5.41) is 3.46. The zero-order chi connectivity index (χ0) is 17.4. The number of hydrogen-bond acceptors (Lipinski definition) is 4. The third-order valence-electron chi connectivity index (χ3n) is 4.41. The first kappa shape index (κ1) is 15.9. The maximum absolute atomic E-state index is 12.5. The number of nitrogens with zero attached hydrogens (tertiary/aromatic N) is 2. The number of carbonyl (C=O) groups is 1. The Hall–Kier alpha value is -2.60. The summed E-state index contributed by atoms with van der Waals surface area (Å²) in [6, 6.07) is 12.8. The average Bonchev–Trinajstić information content (AvgIpc) is 3.10. The van der Waals surface area contributed by atoms with Crippen LogP contribution in [0.2, 0.25) is 0 Å². The molecule has 0 fully saturated rings. The lowest BCUT2D eigenvalue weighted by atomic mass is 10.1. The first-order chi connectivity index (χ1) is 12.2. The van der Waals surface area contributed by atoms with Gasteiger partial charge in [-0.25, -0.2) is 4.98 Å². The monoisotopic (exact) mass is 351 g/mol. The molecule has 126 valence electrons. The van der Waals surface area contributed by atoms with Crippen LogP contribution in [0, 0.1) is 0 Å². The number of anilines is 1. The van der Waals surface area contributed by atoms with Gasteiger partial charge >= 0.3 is 0 Å². The Labute approximate surface area is 149 Å². The average molecular weight is 351 g/mol. The molecule has 0 atom stereocenters. The fourth-order valence-electron chi connectivity index (χ4n) is 3.13. The highest BCUT2D eigenvalue weighted by Gasteiger charge is 2.17. The van der Waals surface area contributed by atoms with Crippen LogP contribution >= 0.6 is 11.8 Å². The number of aryl methyl sites for hydroxylation is 1. The van der Waals surface area contributed by atoms with Crippen LogP contribution in [-0.2, 0) is 13.0 Å². The van der Waals surface area contributed by atoms with Crippen LogP contribution in [0.5, 0.6) is 0 Å². The highest BCUT2D eigenvalue weighted by molar-refractivity contribution is 7.98. The van der Waals surface area contributed by atoms with Crippen molar-refractivity contribution in [2.75, 3.05) is 11.6 Å². The quantitative estimate of drug-likeness (QED) is 0.735. The lowest BCUT2D eigenvalue weighted by Crippen LogP contribution is -2.21. The van der Waals surface area contributed by atoms with Crippen molar-refractivity contribution in [3.05, 3.63) is 64.2 Å². The van der Waals surface area contributed by atoms with Gasteiger partial charge < -0.3 is 5.32 Å². The maximum Gasteiger partial charge on any atom is 0.261 e. The second-order valence-corrected chi connectivity index (χ2v) is 6.89. The highest BCUT2D eigenvalue weighted by atomic mass is 32.2. The summed E-state index contributed by atoms with van der Waals surface area (Å²) in [5.74, 6) is 0.602. The molecule has 0 spiro atoms. The molecule has 0 saturated carbocycles. The summed E-state index contributed by atoms with van der Waals surface area (Å²) in [5.41, 5.74) is 1.82. The molecule has 5 nitrogen and oxygen atoms in total. The van der Waals surface area contributed by atoms with Crippen LogP contribution in [0.1, 0.15) is 22.6 Å². The van der Waals surface area contributed by atoms with Gasteiger partial charge in [-0.15, -0.1) is 11.8 Å². The van der Waals surface area contributed by atoms with Crippen molar-refractivity contribution in [2.24, 2.45) is 0 Å². The SMILES string of the molecule is CSc1cccc(NC(=O)c2ccc3c(=O)n4c(nc3c2)CCC4)c1. The molecule has 0 aliphatic carbocycles. The lowest BCUT2D eigenvalue weighted by Gasteiger charge is -2.08. The van der Waals surface area contributed by atoms with Crippen molar-refractivity contribution >= 4 is 34.3 Å². The van der Waals surface area contributed by atoms with Gasteiger partial charge in [-0.1, -0.05) is 6.07 Å². The third kappa shape index (κ3) is 2.93. The van der Waals surface area contributed by atoms with Crippen LogP contribution in [-0.4, -0.2) is 21.7 Å². The van der Waals surface area contributed by atoms with E-state index in [0.717, 1.165) is 35.8 Å². The molecule has 0 bridgehead atoms.